The number of anilines is 8. The Morgan fingerprint density at radius 3 is 0.964 bits per heavy atom. The molecule has 3 heterocycles. The van der Waals surface area contributed by atoms with Gasteiger partial charge in [-0.05, 0) is 119 Å². The van der Waals surface area contributed by atoms with Gasteiger partial charge in [0.25, 0.3) is 0 Å². The average Bonchev–Trinajstić information content (AvgIpc) is 3.24. The minimum atomic E-state index is 1.16. The van der Waals surface area contributed by atoms with Crippen LogP contribution in [0.15, 0.2) is 211 Å². The highest BCUT2D eigenvalue weighted by molar-refractivity contribution is 8.00. The molecular formula is C49H33N3S3. The van der Waals surface area contributed by atoms with Crippen LogP contribution in [0.25, 0.3) is 22.3 Å². The first kappa shape index (κ1) is 32.6. The predicted octanol–water partition coefficient (Wildman–Crippen LogP) is 15.1. The van der Waals surface area contributed by atoms with Crippen molar-refractivity contribution < 1.29 is 0 Å². The van der Waals surface area contributed by atoms with E-state index in [9.17, 15) is 0 Å². The quantitative estimate of drug-likeness (QED) is 0.175. The Balaban J connectivity index is 0.877. The molecule has 0 atom stereocenters. The zero-order valence-electron chi connectivity index (χ0n) is 29.9. The van der Waals surface area contributed by atoms with Crippen LogP contribution in [-0.2, 0) is 0 Å². The molecule has 262 valence electrons. The second kappa shape index (κ2) is 13.2. The summed E-state index contributed by atoms with van der Waals surface area (Å²) in [6, 6.07) is 66.5. The Bertz CT molecular complexity index is 2500. The molecule has 0 amide bonds. The van der Waals surface area contributed by atoms with Crippen LogP contribution in [-0.4, -0.2) is 7.05 Å². The molecule has 0 saturated heterocycles. The fourth-order valence-electron chi connectivity index (χ4n) is 7.92. The fraction of sp³-hybridized carbons (Fsp3) is 0.0204. The van der Waals surface area contributed by atoms with Gasteiger partial charge in [0, 0.05) is 47.8 Å². The van der Waals surface area contributed by atoms with Crippen molar-refractivity contribution in [3.63, 3.8) is 0 Å². The van der Waals surface area contributed by atoms with E-state index in [2.05, 4.69) is 204 Å². The monoisotopic (exact) mass is 759 g/mol. The van der Waals surface area contributed by atoms with Gasteiger partial charge >= 0.3 is 0 Å². The fourth-order valence-corrected chi connectivity index (χ4v) is 11.3. The van der Waals surface area contributed by atoms with Gasteiger partial charge in [-0.2, -0.15) is 0 Å². The second-order valence-electron chi connectivity index (χ2n) is 13.9. The van der Waals surface area contributed by atoms with Gasteiger partial charge in [-0.1, -0.05) is 120 Å². The number of hydrogen-bond donors (Lipinski definition) is 0. The van der Waals surface area contributed by atoms with Crippen molar-refractivity contribution in [3.8, 4) is 22.3 Å². The maximum atomic E-state index is 2.38. The lowest BCUT2D eigenvalue weighted by Crippen LogP contribution is -2.15. The van der Waals surface area contributed by atoms with Crippen LogP contribution >= 0.6 is 35.3 Å². The molecule has 0 bridgehead atoms. The van der Waals surface area contributed by atoms with Crippen molar-refractivity contribution in [1.82, 2.24) is 0 Å². The summed E-state index contributed by atoms with van der Waals surface area (Å²) in [4.78, 5) is 14.7. The van der Waals surface area contributed by atoms with Crippen LogP contribution in [0.4, 0.5) is 45.5 Å². The molecule has 8 aromatic rings. The first-order valence-electron chi connectivity index (χ1n) is 18.4. The predicted molar refractivity (Wildman–Crippen MR) is 234 cm³/mol. The van der Waals surface area contributed by atoms with E-state index in [1.807, 2.05) is 35.3 Å². The third kappa shape index (κ3) is 5.55. The van der Waals surface area contributed by atoms with E-state index < -0.39 is 0 Å². The van der Waals surface area contributed by atoms with Crippen molar-refractivity contribution in [3.05, 3.63) is 182 Å². The summed E-state index contributed by atoms with van der Waals surface area (Å²) in [5, 5.41) is 0. The number of nitrogens with zero attached hydrogens (tertiary/aromatic N) is 3. The highest BCUT2D eigenvalue weighted by atomic mass is 32.2. The van der Waals surface area contributed by atoms with E-state index in [4.69, 9.17) is 0 Å². The molecule has 3 aliphatic rings. The van der Waals surface area contributed by atoms with E-state index in [1.54, 1.807) is 0 Å². The number of rotatable bonds is 4. The van der Waals surface area contributed by atoms with Crippen LogP contribution in [0, 0.1) is 0 Å². The van der Waals surface area contributed by atoms with Crippen LogP contribution in [0.2, 0.25) is 0 Å². The van der Waals surface area contributed by atoms with Crippen LogP contribution in [0.5, 0.6) is 0 Å². The SMILES string of the molecule is CN1c2ccc(-c3ccc(N4c5ccccc5Sc5ccccc54)cc3)cc2Sc2cc(-c3ccc(N4c5ccccc5Sc5ccccc54)cc3)ccc21. The standard InChI is InChI=1S/C49H33N3S3/c1-50-38-28-22-34(32-18-24-36(25-19-32)51-40-10-2-6-14-44(40)53-45-15-7-3-11-41(45)51)30-48(38)55-49-31-35(23-29-39(49)50)33-20-26-37(27-21-33)52-42-12-4-8-16-46(42)54-47-17-9-5-13-43(47)52/h2-31H,1H3. The summed E-state index contributed by atoms with van der Waals surface area (Å²) in [6.45, 7) is 0. The van der Waals surface area contributed by atoms with Crippen LogP contribution in [0.3, 0.4) is 0 Å². The number of para-hydroxylation sites is 4. The first-order chi connectivity index (χ1) is 27.2. The van der Waals surface area contributed by atoms with E-state index >= 15 is 0 Å². The highest BCUT2D eigenvalue weighted by Crippen LogP contribution is 2.54. The van der Waals surface area contributed by atoms with Gasteiger partial charge in [-0.25, -0.2) is 0 Å². The average molecular weight is 760 g/mol. The van der Waals surface area contributed by atoms with E-state index in [1.165, 1.54) is 85.8 Å². The summed E-state index contributed by atoms with van der Waals surface area (Å²) in [7, 11) is 2.18. The Labute approximate surface area is 334 Å². The molecule has 0 aliphatic carbocycles. The number of fused-ring (bicyclic) bond motifs is 6. The van der Waals surface area contributed by atoms with Gasteiger partial charge in [0.15, 0.2) is 0 Å². The summed E-state index contributed by atoms with van der Waals surface area (Å²) in [5.74, 6) is 0. The summed E-state index contributed by atoms with van der Waals surface area (Å²) < 4.78 is 0. The molecule has 0 saturated carbocycles. The Morgan fingerprint density at radius 1 is 0.291 bits per heavy atom. The molecule has 0 fully saturated rings. The van der Waals surface area contributed by atoms with Gasteiger partial charge in [0.2, 0.25) is 0 Å². The third-order valence-corrected chi connectivity index (χ3v) is 14.0. The highest BCUT2D eigenvalue weighted by Gasteiger charge is 2.27. The molecule has 0 N–H and O–H groups in total. The molecule has 6 heteroatoms. The Kier molecular flexibility index (Phi) is 7.83. The maximum Gasteiger partial charge on any atom is 0.0601 e. The molecule has 0 radical (unpaired) electrons. The normalized spacial score (nSPS) is 13.6. The van der Waals surface area contributed by atoms with Crippen LogP contribution in [0.1, 0.15) is 0 Å². The molecule has 8 aromatic carbocycles. The summed E-state index contributed by atoms with van der Waals surface area (Å²) in [6.07, 6.45) is 0. The maximum absolute atomic E-state index is 2.38. The summed E-state index contributed by atoms with van der Waals surface area (Å²) >= 11 is 5.54. The molecule has 55 heavy (non-hydrogen) atoms. The van der Waals surface area contributed by atoms with Gasteiger partial charge in [0.05, 0.1) is 34.1 Å². The zero-order chi connectivity index (χ0) is 36.5. The first-order valence-corrected chi connectivity index (χ1v) is 20.8. The lowest BCUT2D eigenvalue weighted by Gasteiger charge is -2.33. The molecule has 3 nitrogen and oxygen atoms in total. The number of benzene rings is 8. The largest absolute Gasteiger partial charge is 0.343 e. The molecule has 0 spiro atoms. The van der Waals surface area contributed by atoms with E-state index in [0.717, 1.165) is 11.4 Å². The van der Waals surface area contributed by atoms with Gasteiger partial charge < -0.3 is 14.7 Å². The van der Waals surface area contributed by atoms with Crippen molar-refractivity contribution in [2.24, 2.45) is 0 Å². The van der Waals surface area contributed by atoms with Gasteiger partial charge in [-0.3, -0.25) is 0 Å². The van der Waals surface area contributed by atoms with Crippen molar-refractivity contribution in [2.45, 2.75) is 29.4 Å². The molecule has 0 unspecified atom stereocenters. The van der Waals surface area contributed by atoms with Crippen LogP contribution < -0.4 is 14.7 Å². The second-order valence-corrected chi connectivity index (χ2v) is 17.1. The smallest absolute Gasteiger partial charge is 0.0601 e. The molecular weight excluding hydrogens is 727 g/mol. The number of hydrogen-bond acceptors (Lipinski definition) is 6. The van der Waals surface area contributed by atoms with Gasteiger partial charge in [-0.15, -0.1) is 0 Å². The lowest BCUT2D eigenvalue weighted by molar-refractivity contribution is 1.11. The molecule has 0 aromatic heterocycles. The van der Waals surface area contributed by atoms with Crippen molar-refractivity contribution in [1.29, 1.82) is 0 Å². The Morgan fingerprint density at radius 2 is 0.600 bits per heavy atom. The zero-order valence-corrected chi connectivity index (χ0v) is 32.3. The van der Waals surface area contributed by atoms with E-state index in [-0.39, 0.29) is 0 Å². The minimum absolute atomic E-state index is 1.16. The summed E-state index contributed by atoms with van der Waals surface area (Å²) in [5.41, 5.74) is 14.5. The molecule has 11 rings (SSSR count). The third-order valence-electron chi connectivity index (χ3n) is 10.6. The molecule has 3 aliphatic heterocycles. The van der Waals surface area contributed by atoms with Gasteiger partial charge in [0.1, 0.15) is 0 Å². The van der Waals surface area contributed by atoms with Crippen molar-refractivity contribution >= 4 is 80.8 Å². The lowest BCUT2D eigenvalue weighted by atomic mass is 10.0. The Hall–Kier alpha value is -5.79. The van der Waals surface area contributed by atoms with E-state index in [0.29, 0.717) is 0 Å². The van der Waals surface area contributed by atoms with Crippen molar-refractivity contribution in [2.75, 3.05) is 21.7 Å². The minimum Gasteiger partial charge on any atom is -0.343 e. The topological polar surface area (TPSA) is 9.72 Å².